The molecule has 4 heteroatoms. The number of nitrogens with zero attached hydrogens (tertiary/aromatic N) is 1. The molecule has 7 heavy (non-hydrogen) atoms. The second-order valence-corrected chi connectivity index (χ2v) is 2.01. The van der Waals surface area contributed by atoms with Crippen molar-refractivity contribution >= 4 is 16.3 Å². The van der Waals surface area contributed by atoms with Crippen molar-refractivity contribution in [2.75, 3.05) is 0 Å². The summed E-state index contributed by atoms with van der Waals surface area (Å²) in [7, 11) is -0.895. The summed E-state index contributed by atoms with van der Waals surface area (Å²) >= 11 is 0. The van der Waals surface area contributed by atoms with Gasteiger partial charge in [0.05, 0.1) is 16.3 Å². The first-order valence-corrected chi connectivity index (χ1v) is 2.76. The van der Waals surface area contributed by atoms with Crippen LogP contribution in [0.25, 0.3) is 0 Å². The fourth-order valence-corrected chi connectivity index (χ4v) is 0.676. The quantitative estimate of drug-likeness (QED) is 0.472. The maximum absolute atomic E-state index is 10.1. The minimum absolute atomic E-state index is 0. The first-order valence-electron chi connectivity index (χ1n) is 1.49. The number of aliphatic imine (C=N–C) groups is 1. The predicted octanol–water partition coefficient (Wildman–Crippen LogP) is 0.246. The first-order chi connectivity index (χ1) is 2.89. The Morgan fingerprint density at radius 2 is 2.29 bits per heavy atom. The van der Waals surface area contributed by atoms with E-state index in [4.69, 9.17) is 0 Å². The molecule has 0 aliphatic carbocycles. The van der Waals surface area contributed by atoms with Gasteiger partial charge in [-0.05, 0) is 0 Å². The zero-order chi connectivity index (χ0) is 4.41. The summed E-state index contributed by atoms with van der Waals surface area (Å²) in [6, 6.07) is 0. The monoisotopic (exact) mass is 164 g/mol. The van der Waals surface area contributed by atoms with Crippen LogP contribution < -0.4 is 0 Å². The Morgan fingerprint density at radius 1 is 1.57 bits per heavy atom. The Labute approximate surface area is 54.6 Å². The number of hydrogen-bond donors (Lipinski definition) is 0. The van der Waals surface area contributed by atoms with Crippen LogP contribution in [0.3, 0.4) is 0 Å². The molecule has 0 aromatic rings. The van der Waals surface area contributed by atoms with Gasteiger partial charge in [0.2, 0.25) is 0 Å². The summed E-state index contributed by atoms with van der Waals surface area (Å²) in [5, 5.41) is 1.53. The van der Waals surface area contributed by atoms with Crippen LogP contribution in [0.5, 0.6) is 0 Å². The molecule has 1 heterocycles. The third-order valence-electron chi connectivity index (χ3n) is 0.446. The summed E-state index contributed by atoms with van der Waals surface area (Å²) in [6.07, 6.45) is 1.52. The van der Waals surface area contributed by atoms with Crippen LogP contribution in [0.1, 0.15) is 0 Å². The van der Waals surface area contributed by atoms with Gasteiger partial charge < -0.3 is 0 Å². The first kappa shape index (κ1) is 7.08. The zero-order valence-electron chi connectivity index (χ0n) is 3.30. The summed E-state index contributed by atoms with van der Waals surface area (Å²) in [5.74, 6) is 0. The molecule has 1 atom stereocenters. The molecule has 0 saturated carbocycles. The van der Waals surface area contributed by atoms with Gasteiger partial charge in [0.15, 0.2) is 0 Å². The van der Waals surface area contributed by atoms with E-state index in [9.17, 15) is 4.21 Å². The maximum Gasteiger partial charge on any atom is 0.0952 e. The van der Waals surface area contributed by atoms with Crippen molar-refractivity contribution in [1.82, 2.24) is 0 Å². The number of rotatable bonds is 0. The summed E-state index contributed by atoms with van der Waals surface area (Å²) < 4.78 is 10.1. The molecule has 43 valence electrons. The largest absolute Gasteiger partial charge is 0.254 e. The average Bonchev–Trinajstić information content (AvgIpc) is 1.86. The van der Waals surface area contributed by atoms with Crippen LogP contribution in [0.2, 0.25) is 0 Å². The summed E-state index contributed by atoms with van der Waals surface area (Å²) in [5.41, 5.74) is 1.39. The van der Waals surface area contributed by atoms with Gasteiger partial charge in [-0.2, -0.15) is 0 Å². The van der Waals surface area contributed by atoms with Crippen molar-refractivity contribution in [3.63, 3.8) is 0 Å². The molecule has 0 aromatic carbocycles. The topological polar surface area (TPSA) is 29.4 Å². The molecule has 1 aliphatic heterocycles. The second kappa shape index (κ2) is 3.13. The van der Waals surface area contributed by atoms with Crippen molar-refractivity contribution in [2.24, 2.45) is 4.99 Å². The second-order valence-electron chi connectivity index (χ2n) is 0.868. The SMILES string of the molecule is O=S1C=CN=C1.[Cu]. The van der Waals surface area contributed by atoms with E-state index in [0.717, 1.165) is 0 Å². The normalized spacial score (nSPS) is 24.9. The zero-order valence-corrected chi connectivity index (χ0v) is 5.06. The van der Waals surface area contributed by atoms with E-state index in [0.29, 0.717) is 0 Å². The molecule has 1 unspecified atom stereocenters. The Hall–Kier alpha value is 0.0795. The van der Waals surface area contributed by atoms with Crippen molar-refractivity contribution in [3.05, 3.63) is 11.6 Å². The van der Waals surface area contributed by atoms with Crippen LogP contribution in [0, 0.1) is 0 Å². The van der Waals surface area contributed by atoms with Crippen molar-refractivity contribution in [1.29, 1.82) is 0 Å². The van der Waals surface area contributed by atoms with E-state index < -0.39 is 10.8 Å². The summed E-state index contributed by atoms with van der Waals surface area (Å²) in [4.78, 5) is 3.56. The molecule has 0 fully saturated rings. The third-order valence-corrected chi connectivity index (χ3v) is 1.17. The minimum Gasteiger partial charge on any atom is -0.254 e. The van der Waals surface area contributed by atoms with Gasteiger partial charge in [0, 0.05) is 28.7 Å². The molecule has 0 aromatic heterocycles. The summed E-state index contributed by atoms with van der Waals surface area (Å²) in [6.45, 7) is 0. The fourth-order valence-electron chi connectivity index (χ4n) is 0.225. The van der Waals surface area contributed by atoms with Crippen LogP contribution in [-0.4, -0.2) is 9.76 Å². The van der Waals surface area contributed by atoms with Gasteiger partial charge >= 0.3 is 0 Å². The molecule has 0 spiro atoms. The molecule has 1 radical (unpaired) electrons. The Morgan fingerprint density at radius 3 is 2.43 bits per heavy atom. The molecule has 0 N–H and O–H groups in total. The maximum atomic E-state index is 10.1. The van der Waals surface area contributed by atoms with Crippen LogP contribution >= 0.6 is 0 Å². The van der Waals surface area contributed by atoms with E-state index in [1.165, 1.54) is 17.2 Å². The molecular weight excluding hydrogens is 162 g/mol. The third kappa shape index (κ3) is 2.02. The average molecular weight is 165 g/mol. The molecular formula is C3H3CuNOS. The Balaban J connectivity index is 0.000000360. The van der Waals surface area contributed by atoms with Gasteiger partial charge in [-0.25, -0.2) is 4.21 Å². The Kier molecular flexibility index (Phi) is 3.17. The van der Waals surface area contributed by atoms with E-state index in [-0.39, 0.29) is 17.1 Å². The van der Waals surface area contributed by atoms with Gasteiger partial charge in [0.1, 0.15) is 0 Å². The van der Waals surface area contributed by atoms with Gasteiger partial charge in [-0.1, -0.05) is 0 Å². The van der Waals surface area contributed by atoms with Gasteiger partial charge in [-0.3, -0.25) is 4.99 Å². The van der Waals surface area contributed by atoms with E-state index in [1.807, 2.05) is 0 Å². The van der Waals surface area contributed by atoms with Gasteiger partial charge in [-0.15, -0.1) is 0 Å². The van der Waals surface area contributed by atoms with Crippen molar-refractivity contribution in [2.45, 2.75) is 0 Å². The standard InChI is InChI=1S/C3H3NOS.Cu/c5-6-2-1-4-3-6;/h1-3H;. The molecule has 0 bridgehead atoms. The molecule has 0 amide bonds. The molecule has 1 rings (SSSR count). The molecule has 0 saturated heterocycles. The van der Waals surface area contributed by atoms with E-state index >= 15 is 0 Å². The van der Waals surface area contributed by atoms with E-state index in [2.05, 4.69) is 4.99 Å². The predicted molar refractivity (Wildman–Crippen MR) is 25.8 cm³/mol. The molecule has 1 aliphatic rings. The van der Waals surface area contributed by atoms with Gasteiger partial charge in [0.25, 0.3) is 0 Å². The van der Waals surface area contributed by atoms with Crippen LogP contribution in [0.4, 0.5) is 0 Å². The Bertz CT molecular complexity index is 117. The van der Waals surface area contributed by atoms with Crippen LogP contribution in [0.15, 0.2) is 16.6 Å². The van der Waals surface area contributed by atoms with Crippen molar-refractivity contribution in [3.8, 4) is 0 Å². The van der Waals surface area contributed by atoms with E-state index in [1.54, 1.807) is 0 Å². The minimum atomic E-state index is -0.895. The fraction of sp³-hybridized carbons (Fsp3) is 0. The molecule has 2 nitrogen and oxygen atoms in total. The van der Waals surface area contributed by atoms with Crippen molar-refractivity contribution < 1.29 is 21.3 Å². The number of hydrogen-bond acceptors (Lipinski definition) is 2. The van der Waals surface area contributed by atoms with Crippen LogP contribution in [-0.2, 0) is 27.9 Å². The smallest absolute Gasteiger partial charge is 0.0952 e.